The lowest BCUT2D eigenvalue weighted by molar-refractivity contribution is -0.116. The third kappa shape index (κ3) is 5.02. The molecule has 1 amide bonds. The minimum absolute atomic E-state index is 0.0598. The van der Waals surface area contributed by atoms with Crippen LogP contribution in [0.5, 0.6) is 0 Å². The Hall–Kier alpha value is -1.59. The molecule has 0 aliphatic carbocycles. The largest absolute Gasteiger partial charge is 0.399 e. The molecule has 0 radical (unpaired) electrons. The molecule has 0 bridgehead atoms. The van der Waals surface area contributed by atoms with Crippen molar-refractivity contribution in [2.75, 3.05) is 44.3 Å². The number of benzene rings is 1. The van der Waals surface area contributed by atoms with Gasteiger partial charge in [0.05, 0.1) is 0 Å². The number of nitrogens with two attached hydrogens (primary N) is 1. The Morgan fingerprint density at radius 1 is 1.33 bits per heavy atom. The molecule has 1 unspecified atom stereocenters. The smallest absolute Gasteiger partial charge is 0.225 e. The Bertz CT molecular complexity index is 460. The standard InChI is InChI=1S/C16H26N4O/c1-13-12-19(2)9-3-10-20(13)11-8-16(21)18-15-6-4-14(17)5-7-15/h4-7,13H,3,8-12,17H2,1-2H3,(H,18,21). The second-order valence-corrected chi connectivity index (χ2v) is 5.92. The predicted molar refractivity (Wildman–Crippen MR) is 87.3 cm³/mol. The zero-order valence-corrected chi connectivity index (χ0v) is 13.0. The maximum absolute atomic E-state index is 12.0. The van der Waals surface area contributed by atoms with Gasteiger partial charge in [-0.1, -0.05) is 0 Å². The summed E-state index contributed by atoms with van der Waals surface area (Å²) in [5.74, 6) is 0.0598. The molecule has 1 aliphatic heterocycles. The lowest BCUT2D eigenvalue weighted by Gasteiger charge is -2.27. The molecule has 1 atom stereocenters. The van der Waals surface area contributed by atoms with E-state index in [0.29, 0.717) is 18.2 Å². The van der Waals surface area contributed by atoms with Crippen LogP contribution in [-0.2, 0) is 4.79 Å². The number of rotatable bonds is 4. The molecule has 5 nitrogen and oxygen atoms in total. The van der Waals surface area contributed by atoms with Crippen LogP contribution in [0.2, 0.25) is 0 Å². The quantitative estimate of drug-likeness (QED) is 0.827. The van der Waals surface area contributed by atoms with Gasteiger partial charge in [-0.2, -0.15) is 0 Å². The Morgan fingerprint density at radius 2 is 2.05 bits per heavy atom. The minimum atomic E-state index is 0.0598. The number of nitrogen functional groups attached to an aromatic ring is 1. The van der Waals surface area contributed by atoms with Crippen LogP contribution in [0, 0.1) is 0 Å². The van der Waals surface area contributed by atoms with Gasteiger partial charge < -0.3 is 16.0 Å². The third-order valence-corrected chi connectivity index (χ3v) is 4.00. The summed E-state index contributed by atoms with van der Waals surface area (Å²) in [5, 5.41) is 2.92. The van der Waals surface area contributed by atoms with E-state index >= 15 is 0 Å². The van der Waals surface area contributed by atoms with Crippen molar-refractivity contribution in [1.82, 2.24) is 9.80 Å². The van der Waals surface area contributed by atoms with Gasteiger partial charge in [-0.25, -0.2) is 0 Å². The highest BCUT2D eigenvalue weighted by molar-refractivity contribution is 5.90. The van der Waals surface area contributed by atoms with E-state index in [2.05, 4.69) is 29.1 Å². The topological polar surface area (TPSA) is 61.6 Å². The zero-order chi connectivity index (χ0) is 15.2. The molecule has 0 saturated carbocycles. The fraction of sp³-hybridized carbons (Fsp3) is 0.562. The zero-order valence-electron chi connectivity index (χ0n) is 13.0. The molecule has 1 saturated heterocycles. The monoisotopic (exact) mass is 290 g/mol. The summed E-state index contributed by atoms with van der Waals surface area (Å²) in [7, 11) is 2.16. The maximum atomic E-state index is 12.0. The first-order valence-electron chi connectivity index (χ1n) is 7.62. The number of nitrogens with one attached hydrogen (secondary N) is 1. The number of anilines is 2. The van der Waals surface area contributed by atoms with Crippen molar-refractivity contribution in [1.29, 1.82) is 0 Å². The highest BCUT2D eigenvalue weighted by atomic mass is 16.1. The van der Waals surface area contributed by atoms with Gasteiger partial charge in [-0.3, -0.25) is 9.69 Å². The molecule has 0 spiro atoms. The fourth-order valence-electron chi connectivity index (χ4n) is 2.79. The van der Waals surface area contributed by atoms with Gasteiger partial charge in [0.1, 0.15) is 0 Å². The van der Waals surface area contributed by atoms with Crippen LogP contribution in [0.3, 0.4) is 0 Å². The van der Waals surface area contributed by atoms with Gasteiger partial charge in [0.25, 0.3) is 0 Å². The summed E-state index contributed by atoms with van der Waals surface area (Å²) < 4.78 is 0. The lowest BCUT2D eigenvalue weighted by Crippen LogP contribution is -2.39. The van der Waals surface area contributed by atoms with E-state index in [1.165, 1.54) is 6.42 Å². The number of likely N-dealkylation sites (N-methyl/N-ethyl adjacent to an activating group) is 1. The average Bonchev–Trinajstić information content (AvgIpc) is 2.60. The molecule has 1 aromatic rings. The molecule has 116 valence electrons. The highest BCUT2D eigenvalue weighted by Crippen LogP contribution is 2.12. The molecule has 1 fully saturated rings. The molecule has 0 aromatic heterocycles. The lowest BCUT2D eigenvalue weighted by atomic mass is 10.2. The first-order valence-corrected chi connectivity index (χ1v) is 7.62. The average molecular weight is 290 g/mol. The van der Waals surface area contributed by atoms with Crippen LogP contribution < -0.4 is 11.1 Å². The summed E-state index contributed by atoms with van der Waals surface area (Å²) in [5.41, 5.74) is 7.14. The molecule has 21 heavy (non-hydrogen) atoms. The van der Waals surface area contributed by atoms with Crippen LogP contribution in [-0.4, -0.2) is 55.0 Å². The number of carbonyl (C=O) groups is 1. The summed E-state index contributed by atoms with van der Waals surface area (Å²) in [6.07, 6.45) is 1.69. The first kappa shape index (κ1) is 15.8. The molecule has 2 rings (SSSR count). The Balaban J connectivity index is 1.79. The van der Waals surface area contributed by atoms with E-state index in [1.54, 1.807) is 12.1 Å². The van der Waals surface area contributed by atoms with Crippen LogP contribution in [0.1, 0.15) is 19.8 Å². The maximum Gasteiger partial charge on any atom is 0.225 e. The number of nitrogens with zero attached hydrogens (tertiary/aromatic N) is 2. The summed E-state index contributed by atoms with van der Waals surface area (Å²) >= 11 is 0. The van der Waals surface area contributed by atoms with Crippen molar-refractivity contribution >= 4 is 17.3 Å². The molecule has 5 heteroatoms. The molecular formula is C16H26N4O. The van der Waals surface area contributed by atoms with E-state index < -0.39 is 0 Å². The summed E-state index contributed by atoms with van der Waals surface area (Å²) in [6, 6.07) is 7.75. The van der Waals surface area contributed by atoms with Crippen LogP contribution in [0.15, 0.2) is 24.3 Å². The summed E-state index contributed by atoms with van der Waals surface area (Å²) in [6.45, 7) is 6.33. The summed E-state index contributed by atoms with van der Waals surface area (Å²) in [4.78, 5) is 16.8. The van der Waals surface area contributed by atoms with Crippen molar-refractivity contribution in [3.05, 3.63) is 24.3 Å². The second kappa shape index (κ2) is 7.43. The molecule has 1 heterocycles. The highest BCUT2D eigenvalue weighted by Gasteiger charge is 2.19. The Labute approximate surface area is 127 Å². The van der Waals surface area contributed by atoms with Gasteiger partial charge in [-0.05, 0) is 57.7 Å². The van der Waals surface area contributed by atoms with Crippen LogP contribution >= 0.6 is 0 Å². The fourth-order valence-corrected chi connectivity index (χ4v) is 2.79. The van der Waals surface area contributed by atoms with Crippen LogP contribution in [0.25, 0.3) is 0 Å². The molecule has 1 aliphatic rings. The predicted octanol–water partition coefficient (Wildman–Crippen LogP) is 1.62. The van der Waals surface area contributed by atoms with Gasteiger partial charge in [0.2, 0.25) is 5.91 Å². The molecular weight excluding hydrogens is 264 g/mol. The van der Waals surface area contributed by atoms with Gasteiger partial charge in [0, 0.05) is 36.9 Å². The van der Waals surface area contributed by atoms with Gasteiger partial charge >= 0.3 is 0 Å². The SMILES string of the molecule is CC1CN(C)CCCN1CCC(=O)Nc1ccc(N)cc1. The third-order valence-electron chi connectivity index (χ3n) is 4.00. The number of hydrogen-bond donors (Lipinski definition) is 2. The van der Waals surface area contributed by atoms with Gasteiger partial charge in [-0.15, -0.1) is 0 Å². The van der Waals surface area contributed by atoms with E-state index in [0.717, 1.165) is 31.9 Å². The number of carbonyl (C=O) groups excluding carboxylic acids is 1. The normalized spacial score (nSPS) is 21.0. The van der Waals surface area contributed by atoms with Crippen molar-refractivity contribution in [2.24, 2.45) is 0 Å². The van der Waals surface area contributed by atoms with E-state index in [9.17, 15) is 4.79 Å². The van der Waals surface area contributed by atoms with E-state index in [1.807, 2.05) is 12.1 Å². The van der Waals surface area contributed by atoms with Crippen molar-refractivity contribution in [2.45, 2.75) is 25.8 Å². The van der Waals surface area contributed by atoms with E-state index in [4.69, 9.17) is 5.73 Å². The van der Waals surface area contributed by atoms with Gasteiger partial charge in [0.15, 0.2) is 0 Å². The minimum Gasteiger partial charge on any atom is -0.399 e. The first-order chi connectivity index (χ1) is 10.0. The molecule has 3 N–H and O–H groups in total. The molecule has 1 aromatic carbocycles. The van der Waals surface area contributed by atoms with Crippen molar-refractivity contribution in [3.63, 3.8) is 0 Å². The second-order valence-electron chi connectivity index (χ2n) is 5.92. The number of amides is 1. The van der Waals surface area contributed by atoms with E-state index in [-0.39, 0.29) is 5.91 Å². The Morgan fingerprint density at radius 3 is 2.76 bits per heavy atom. The van der Waals surface area contributed by atoms with Crippen molar-refractivity contribution in [3.8, 4) is 0 Å². The van der Waals surface area contributed by atoms with Crippen molar-refractivity contribution < 1.29 is 4.79 Å². The van der Waals surface area contributed by atoms with Crippen LogP contribution in [0.4, 0.5) is 11.4 Å². The Kier molecular flexibility index (Phi) is 5.59. The number of hydrogen-bond acceptors (Lipinski definition) is 4.